The smallest absolute Gasteiger partial charge is 0.411 e. The molecule has 0 spiro atoms. The highest BCUT2D eigenvalue weighted by atomic mass is 16.6. The maximum Gasteiger partial charge on any atom is 0.411 e. The molecule has 0 aromatic rings. The predicted molar refractivity (Wildman–Crippen MR) is 78.2 cm³/mol. The third-order valence-electron chi connectivity index (χ3n) is 3.91. The Kier molecular flexibility index (Phi) is 4.63. The van der Waals surface area contributed by atoms with Gasteiger partial charge in [0.05, 0.1) is 12.6 Å². The van der Waals surface area contributed by atoms with Gasteiger partial charge in [0.1, 0.15) is 5.60 Å². The van der Waals surface area contributed by atoms with Gasteiger partial charge in [-0.05, 0) is 26.2 Å². The lowest BCUT2D eigenvalue weighted by atomic mass is 9.71. The van der Waals surface area contributed by atoms with E-state index in [9.17, 15) is 14.7 Å². The average molecular weight is 301 g/mol. The van der Waals surface area contributed by atoms with Gasteiger partial charge in [-0.3, -0.25) is 4.90 Å². The molecule has 0 aromatic carbocycles. The van der Waals surface area contributed by atoms with Gasteiger partial charge < -0.3 is 14.6 Å². The van der Waals surface area contributed by atoms with Gasteiger partial charge in [0.25, 0.3) is 0 Å². The minimum absolute atomic E-state index is 0.217. The van der Waals surface area contributed by atoms with Crippen LogP contribution in [0.4, 0.5) is 4.79 Å². The Balaban J connectivity index is 3.25. The number of hydrogen-bond acceptors (Lipinski definition) is 4. The number of amides is 1. The van der Waals surface area contributed by atoms with Gasteiger partial charge in [0, 0.05) is 13.5 Å². The summed E-state index contributed by atoms with van der Waals surface area (Å²) in [6, 6.07) is 0. The first kappa shape index (κ1) is 17.8. The number of carboxylic acid groups (broad SMARTS) is 1. The Hall–Kier alpha value is -1.30. The zero-order valence-corrected chi connectivity index (χ0v) is 14.0. The lowest BCUT2D eigenvalue weighted by Crippen LogP contribution is -2.61. The number of rotatable bonds is 2. The summed E-state index contributed by atoms with van der Waals surface area (Å²) in [7, 11) is 1.53. The van der Waals surface area contributed by atoms with Gasteiger partial charge in [0.2, 0.25) is 0 Å². The highest BCUT2D eigenvalue weighted by molar-refractivity contribution is 5.86. The summed E-state index contributed by atoms with van der Waals surface area (Å²) in [6.07, 6.45) is -0.672. The fourth-order valence-corrected chi connectivity index (χ4v) is 2.80. The molecule has 1 aliphatic rings. The van der Waals surface area contributed by atoms with Crippen molar-refractivity contribution in [3.8, 4) is 0 Å². The van der Waals surface area contributed by atoms with E-state index < -0.39 is 28.6 Å². The van der Waals surface area contributed by atoms with Crippen molar-refractivity contribution in [2.75, 3.05) is 13.7 Å². The van der Waals surface area contributed by atoms with Crippen molar-refractivity contribution < 1.29 is 24.2 Å². The lowest BCUT2D eigenvalue weighted by Gasteiger charge is -2.44. The highest BCUT2D eigenvalue weighted by Gasteiger charge is 2.61. The summed E-state index contributed by atoms with van der Waals surface area (Å²) in [6.45, 7) is 10.9. The Morgan fingerprint density at radius 1 is 1.19 bits per heavy atom. The van der Waals surface area contributed by atoms with Crippen molar-refractivity contribution in [2.24, 2.45) is 5.41 Å². The van der Waals surface area contributed by atoms with Gasteiger partial charge in [-0.1, -0.05) is 20.8 Å². The van der Waals surface area contributed by atoms with Crippen molar-refractivity contribution in [1.29, 1.82) is 0 Å². The summed E-state index contributed by atoms with van der Waals surface area (Å²) in [4.78, 5) is 25.8. The second-order valence-electron chi connectivity index (χ2n) is 7.57. The van der Waals surface area contributed by atoms with Crippen LogP contribution in [0.1, 0.15) is 48.0 Å². The van der Waals surface area contributed by atoms with E-state index in [-0.39, 0.29) is 19.1 Å². The zero-order valence-electron chi connectivity index (χ0n) is 14.0. The van der Waals surface area contributed by atoms with Crippen LogP contribution in [0.25, 0.3) is 0 Å². The number of hydrogen-bond donors (Lipinski definition) is 1. The summed E-state index contributed by atoms with van der Waals surface area (Å²) in [5.41, 5.74) is -2.66. The molecule has 1 N–H and O–H groups in total. The van der Waals surface area contributed by atoms with Crippen LogP contribution in [-0.4, -0.2) is 53.0 Å². The van der Waals surface area contributed by atoms with Crippen molar-refractivity contribution in [2.45, 2.75) is 65.2 Å². The molecule has 1 fully saturated rings. The third-order valence-corrected chi connectivity index (χ3v) is 3.91. The largest absolute Gasteiger partial charge is 0.479 e. The number of nitrogens with zero attached hydrogens (tertiary/aromatic N) is 1. The highest BCUT2D eigenvalue weighted by Crippen LogP contribution is 2.45. The second-order valence-corrected chi connectivity index (χ2v) is 7.57. The van der Waals surface area contributed by atoms with Crippen LogP contribution in [0.2, 0.25) is 0 Å². The molecule has 1 rings (SSSR count). The van der Waals surface area contributed by atoms with E-state index in [1.165, 1.54) is 12.0 Å². The fraction of sp³-hybridized carbons (Fsp3) is 0.867. The van der Waals surface area contributed by atoms with Crippen LogP contribution >= 0.6 is 0 Å². The van der Waals surface area contributed by atoms with Crippen LogP contribution in [-0.2, 0) is 14.3 Å². The molecule has 0 saturated carbocycles. The standard InChI is InChI=1S/C15H27NO5/c1-13(2,3)15(11(17)18)8-10(20-7)9-16(15)12(19)21-14(4,5)6/h10H,8-9H2,1-7H3,(H,17,18)/t10-,15+/m0/s1. The molecule has 1 saturated heterocycles. The third kappa shape index (κ3) is 3.31. The Morgan fingerprint density at radius 3 is 2.05 bits per heavy atom. The van der Waals surface area contributed by atoms with Crippen molar-refractivity contribution >= 4 is 12.1 Å². The van der Waals surface area contributed by atoms with E-state index in [2.05, 4.69) is 0 Å². The molecule has 0 radical (unpaired) electrons. The van der Waals surface area contributed by atoms with Gasteiger partial charge in [-0.15, -0.1) is 0 Å². The Labute approximate surface area is 126 Å². The molecule has 122 valence electrons. The topological polar surface area (TPSA) is 76.1 Å². The van der Waals surface area contributed by atoms with E-state index in [1.807, 2.05) is 20.8 Å². The van der Waals surface area contributed by atoms with Crippen LogP contribution < -0.4 is 0 Å². The first-order chi connectivity index (χ1) is 9.35. The molecule has 6 heteroatoms. The predicted octanol–water partition coefficient (Wildman–Crippen LogP) is 2.51. The van der Waals surface area contributed by atoms with Crippen molar-refractivity contribution in [3.05, 3.63) is 0 Å². The van der Waals surface area contributed by atoms with Crippen LogP contribution in [0.5, 0.6) is 0 Å². The van der Waals surface area contributed by atoms with Gasteiger partial charge in [-0.2, -0.15) is 0 Å². The molecule has 6 nitrogen and oxygen atoms in total. The summed E-state index contributed by atoms with van der Waals surface area (Å²) < 4.78 is 10.7. The summed E-state index contributed by atoms with van der Waals surface area (Å²) in [5.74, 6) is -1.03. The maximum atomic E-state index is 12.5. The van der Waals surface area contributed by atoms with Crippen LogP contribution in [0.15, 0.2) is 0 Å². The minimum atomic E-state index is -1.34. The van der Waals surface area contributed by atoms with E-state index in [0.29, 0.717) is 0 Å². The number of ether oxygens (including phenoxy) is 2. The average Bonchev–Trinajstić information content (AvgIpc) is 2.66. The van der Waals surface area contributed by atoms with E-state index >= 15 is 0 Å². The number of carboxylic acids is 1. The van der Waals surface area contributed by atoms with Gasteiger partial charge >= 0.3 is 12.1 Å². The fourth-order valence-electron chi connectivity index (χ4n) is 2.80. The quantitative estimate of drug-likeness (QED) is 0.848. The van der Waals surface area contributed by atoms with E-state index in [0.717, 1.165) is 0 Å². The van der Waals surface area contributed by atoms with Crippen LogP contribution in [0.3, 0.4) is 0 Å². The molecule has 0 unspecified atom stereocenters. The number of likely N-dealkylation sites (tertiary alicyclic amines) is 1. The lowest BCUT2D eigenvalue weighted by molar-refractivity contribution is -0.157. The van der Waals surface area contributed by atoms with Crippen molar-refractivity contribution in [3.63, 3.8) is 0 Å². The number of carbonyl (C=O) groups excluding carboxylic acids is 1. The van der Waals surface area contributed by atoms with E-state index in [4.69, 9.17) is 9.47 Å². The Bertz CT molecular complexity index is 421. The first-order valence-electron chi connectivity index (χ1n) is 7.12. The molecular weight excluding hydrogens is 274 g/mol. The van der Waals surface area contributed by atoms with Crippen molar-refractivity contribution in [1.82, 2.24) is 4.90 Å². The second kappa shape index (κ2) is 5.48. The normalized spacial score (nSPS) is 26.8. The molecule has 0 aliphatic carbocycles. The zero-order chi connectivity index (χ0) is 16.6. The Morgan fingerprint density at radius 2 is 1.71 bits per heavy atom. The molecule has 1 heterocycles. The maximum absolute atomic E-state index is 12.5. The van der Waals surface area contributed by atoms with E-state index in [1.54, 1.807) is 20.8 Å². The minimum Gasteiger partial charge on any atom is -0.479 e. The summed E-state index contributed by atoms with van der Waals surface area (Å²) >= 11 is 0. The molecule has 0 aromatic heterocycles. The van der Waals surface area contributed by atoms with Crippen LogP contribution in [0, 0.1) is 5.41 Å². The molecule has 1 amide bonds. The molecule has 2 atom stereocenters. The monoisotopic (exact) mass is 301 g/mol. The summed E-state index contributed by atoms with van der Waals surface area (Å²) in [5, 5.41) is 9.83. The number of carbonyl (C=O) groups is 2. The first-order valence-corrected chi connectivity index (χ1v) is 7.12. The molecular formula is C15H27NO5. The molecule has 0 bridgehead atoms. The number of aliphatic carboxylic acids is 1. The molecule has 1 aliphatic heterocycles. The van der Waals surface area contributed by atoms with Gasteiger partial charge in [-0.25, -0.2) is 9.59 Å². The SMILES string of the molecule is CO[C@@H]1CN(C(=O)OC(C)(C)C)[C@](C(=O)O)(C(C)(C)C)C1. The molecule has 21 heavy (non-hydrogen) atoms. The van der Waals surface area contributed by atoms with Gasteiger partial charge in [0.15, 0.2) is 5.54 Å². The number of methoxy groups -OCH3 is 1.